The molecule has 0 fully saturated rings. The number of hydrogen-bond donors (Lipinski definition) is 0. The molecule has 0 amide bonds. The highest BCUT2D eigenvalue weighted by Crippen LogP contribution is 2.52. The van der Waals surface area contributed by atoms with Gasteiger partial charge in [0.15, 0.2) is 5.82 Å². The van der Waals surface area contributed by atoms with Crippen LogP contribution in [0.15, 0.2) is 146 Å². The molecule has 204 valence electrons. The molecule has 0 saturated carbocycles. The van der Waals surface area contributed by atoms with Gasteiger partial charge in [-0.15, -0.1) is 0 Å². The van der Waals surface area contributed by atoms with E-state index >= 15 is 0 Å². The standard InChI is InChI=1S/C41H30N2/c1-41(2)35-18-10-9-16-34(35)39-33(17-11-19-36(39)41)31-22-20-30-25-32(23-21-29(30)24-31)40-42-37(27-12-5-3-6-13-27)26-38(43-40)28-14-7-4-8-15-28/h3-26H,1-2H3. The van der Waals surface area contributed by atoms with E-state index in [0.29, 0.717) is 0 Å². The smallest absolute Gasteiger partial charge is 0.160 e. The van der Waals surface area contributed by atoms with E-state index in [2.05, 4.69) is 147 Å². The summed E-state index contributed by atoms with van der Waals surface area (Å²) in [4.78, 5) is 10.1. The lowest BCUT2D eigenvalue weighted by Crippen LogP contribution is -2.14. The molecule has 0 N–H and O–H groups in total. The zero-order chi connectivity index (χ0) is 29.0. The van der Waals surface area contributed by atoms with Crippen LogP contribution < -0.4 is 0 Å². The van der Waals surface area contributed by atoms with Gasteiger partial charge >= 0.3 is 0 Å². The average Bonchev–Trinajstić information content (AvgIpc) is 3.31. The average molecular weight is 551 g/mol. The highest BCUT2D eigenvalue weighted by molar-refractivity contribution is 5.96. The van der Waals surface area contributed by atoms with E-state index in [0.717, 1.165) is 33.9 Å². The van der Waals surface area contributed by atoms with E-state index in [1.165, 1.54) is 44.2 Å². The highest BCUT2D eigenvalue weighted by Gasteiger charge is 2.36. The Kier molecular flexibility index (Phi) is 5.84. The Morgan fingerprint density at radius 1 is 0.419 bits per heavy atom. The summed E-state index contributed by atoms with van der Waals surface area (Å²) in [5.74, 6) is 0.728. The van der Waals surface area contributed by atoms with E-state index in [1.54, 1.807) is 0 Å². The quantitative estimate of drug-likeness (QED) is 0.218. The second kappa shape index (κ2) is 9.89. The Hall–Kier alpha value is -5.34. The van der Waals surface area contributed by atoms with Crippen molar-refractivity contribution in [1.29, 1.82) is 0 Å². The van der Waals surface area contributed by atoms with Crippen molar-refractivity contribution in [2.24, 2.45) is 0 Å². The normalized spacial score (nSPS) is 13.1. The van der Waals surface area contributed by atoms with Gasteiger partial charge in [0.2, 0.25) is 0 Å². The van der Waals surface area contributed by atoms with Gasteiger partial charge in [-0.1, -0.05) is 141 Å². The number of aromatic nitrogens is 2. The van der Waals surface area contributed by atoms with Crippen molar-refractivity contribution < 1.29 is 0 Å². The molecule has 1 heterocycles. The van der Waals surface area contributed by atoms with Gasteiger partial charge < -0.3 is 0 Å². The molecule has 2 heteroatoms. The molecule has 0 radical (unpaired) electrons. The van der Waals surface area contributed by atoms with Crippen molar-refractivity contribution in [3.8, 4) is 56.2 Å². The summed E-state index contributed by atoms with van der Waals surface area (Å²) in [6.07, 6.45) is 0. The van der Waals surface area contributed by atoms with Gasteiger partial charge in [-0.3, -0.25) is 0 Å². The fourth-order valence-electron chi connectivity index (χ4n) is 6.64. The van der Waals surface area contributed by atoms with E-state index in [9.17, 15) is 0 Å². The second-order valence-electron chi connectivity index (χ2n) is 11.9. The predicted octanol–water partition coefficient (Wildman–Crippen LogP) is 10.6. The number of rotatable bonds is 4. The minimum absolute atomic E-state index is 0.0133. The van der Waals surface area contributed by atoms with Crippen molar-refractivity contribution in [3.63, 3.8) is 0 Å². The third-order valence-electron chi connectivity index (χ3n) is 8.88. The summed E-state index contributed by atoms with van der Waals surface area (Å²) in [7, 11) is 0. The van der Waals surface area contributed by atoms with Gasteiger partial charge in [-0.05, 0) is 62.4 Å². The molecule has 1 aliphatic carbocycles. The lowest BCUT2D eigenvalue weighted by atomic mass is 9.82. The molecule has 0 aliphatic heterocycles. The van der Waals surface area contributed by atoms with Gasteiger partial charge in [-0.25, -0.2) is 9.97 Å². The van der Waals surface area contributed by atoms with E-state index in [1.807, 2.05) is 12.1 Å². The van der Waals surface area contributed by atoms with Gasteiger partial charge in [0.05, 0.1) is 11.4 Å². The highest BCUT2D eigenvalue weighted by atomic mass is 14.9. The third-order valence-corrected chi connectivity index (χ3v) is 8.88. The van der Waals surface area contributed by atoms with Crippen molar-refractivity contribution in [2.75, 3.05) is 0 Å². The fraction of sp³-hybridized carbons (Fsp3) is 0.0732. The second-order valence-corrected chi connectivity index (χ2v) is 11.9. The molecule has 0 saturated heterocycles. The zero-order valence-electron chi connectivity index (χ0n) is 24.3. The van der Waals surface area contributed by atoms with E-state index < -0.39 is 0 Å². The molecule has 43 heavy (non-hydrogen) atoms. The first-order valence-corrected chi connectivity index (χ1v) is 14.8. The summed E-state index contributed by atoms with van der Waals surface area (Å²) in [6.45, 7) is 4.67. The molecule has 1 aliphatic rings. The van der Waals surface area contributed by atoms with Crippen LogP contribution in [0.25, 0.3) is 66.9 Å². The topological polar surface area (TPSA) is 25.8 Å². The lowest BCUT2D eigenvalue weighted by molar-refractivity contribution is 0.660. The molecule has 8 rings (SSSR count). The Bertz CT molecular complexity index is 2090. The Balaban J connectivity index is 1.23. The van der Waals surface area contributed by atoms with E-state index in [4.69, 9.17) is 9.97 Å². The summed E-state index contributed by atoms with van der Waals surface area (Å²) < 4.78 is 0. The van der Waals surface area contributed by atoms with Crippen LogP contribution in [0.3, 0.4) is 0 Å². The fourth-order valence-corrected chi connectivity index (χ4v) is 6.64. The first-order valence-electron chi connectivity index (χ1n) is 14.8. The molecule has 1 aromatic heterocycles. The Morgan fingerprint density at radius 3 is 1.63 bits per heavy atom. The van der Waals surface area contributed by atoms with Crippen LogP contribution in [-0.4, -0.2) is 9.97 Å². The largest absolute Gasteiger partial charge is 0.228 e. The van der Waals surface area contributed by atoms with Crippen molar-refractivity contribution in [1.82, 2.24) is 9.97 Å². The zero-order valence-corrected chi connectivity index (χ0v) is 24.3. The van der Waals surface area contributed by atoms with Crippen LogP contribution in [-0.2, 0) is 5.41 Å². The van der Waals surface area contributed by atoms with Crippen molar-refractivity contribution >= 4 is 10.8 Å². The van der Waals surface area contributed by atoms with Crippen LogP contribution in [0.4, 0.5) is 0 Å². The number of nitrogens with zero attached hydrogens (tertiary/aromatic N) is 2. The first-order chi connectivity index (χ1) is 21.1. The van der Waals surface area contributed by atoms with Gasteiger partial charge in [0.25, 0.3) is 0 Å². The Morgan fingerprint density at radius 2 is 0.953 bits per heavy atom. The predicted molar refractivity (Wildman–Crippen MR) is 179 cm³/mol. The monoisotopic (exact) mass is 550 g/mol. The maximum atomic E-state index is 5.03. The van der Waals surface area contributed by atoms with Gasteiger partial charge in [0, 0.05) is 22.1 Å². The molecule has 6 aromatic carbocycles. The summed E-state index contributed by atoms with van der Waals surface area (Å²) in [5.41, 5.74) is 13.0. The van der Waals surface area contributed by atoms with Crippen LogP contribution in [0.2, 0.25) is 0 Å². The molecular formula is C41H30N2. The van der Waals surface area contributed by atoms with Crippen molar-refractivity contribution in [2.45, 2.75) is 19.3 Å². The van der Waals surface area contributed by atoms with Crippen LogP contribution in [0.5, 0.6) is 0 Å². The number of hydrogen-bond acceptors (Lipinski definition) is 2. The minimum atomic E-state index is -0.0133. The van der Waals surface area contributed by atoms with Crippen LogP contribution in [0.1, 0.15) is 25.0 Å². The van der Waals surface area contributed by atoms with E-state index in [-0.39, 0.29) is 5.41 Å². The van der Waals surface area contributed by atoms with Crippen molar-refractivity contribution in [3.05, 3.63) is 157 Å². The summed E-state index contributed by atoms with van der Waals surface area (Å²) in [6, 6.07) is 51.7. The third kappa shape index (κ3) is 4.26. The number of fused-ring (bicyclic) bond motifs is 4. The lowest BCUT2D eigenvalue weighted by Gasteiger charge is -2.21. The minimum Gasteiger partial charge on any atom is -0.228 e. The van der Waals surface area contributed by atoms with Gasteiger partial charge in [-0.2, -0.15) is 0 Å². The maximum Gasteiger partial charge on any atom is 0.160 e. The molecule has 0 atom stereocenters. The van der Waals surface area contributed by atoms with Gasteiger partial charge in [0.1, 0.15) is 0 Å². The molecule has 7 aromatic rings. The summed E-state index contributed by atoms with van der Waals surface area (Å²) in [5, 5.41) is 2.37. The molecule has 0 bridgehead atoms. The first kappa shape index (κ1) is 25.4. The van der Waals surface area contributed by atoms with Crippen LogP contribution >= 0.6 is 0 Å². The molecular weight excluding hydrogens is 520 g/mol. The maximum absolute atomic E-state index is 5.03. The molecule has 0 unspecified atom stereocenters. The molecule has 0 spiro atoms. The van der Waals surface area contributed by atoms with Crippen LogP contribution in [0, 0.1) is 0 Å². The summed E-state index contributed by atoms with van der Waals surface area (Å²) >= 11 is 0. The number of benzene rings is 6. The SMILES string of the molecule is CC1(C)c2ccccc2-c2c(-c3ccc4cc(-c5nc(-c6ccccc6)cc(-c6ccccc6)n5)ccc4c3)cccc21. The Labute approximate surface area is 252 Å². The molecule has 2 nitrogen and oxygen atoms in total.